The first-order valence-electron chi connectivity index (χ1n) is 7.74. The van der Waals surface area contributed by atoms with Crippen LogP contribution in [0.3, 0.4) is 0 Å². The Morgan fingerprint density at radius 1 is 1.17 bits per heavy atom. The lowest BCUT2D eigenvalue weighted by Gasteiger charge is -2.39. The molecule has 3 unspecified atom stereocenters. The van der Waals surface area contributed by atoms with Crippen molar-refractivity contribution in [3.05, 3.63) is 0 Å². The second-order valence-electron chi connectivity index (χ2n) is 6.29. The summed E-state index contributed by atoms with van der Waals surface area (Å²) in [6.45, 7) is 5.37. The predicted octanol–water partition coefficient (Wildman–Crippen LogP) is 2.25. The van der Waals surface area contributed by atoms with Crippen LogP contribution in [0.1, 0.15) is 45.4 Å². The Hall–Kier alpha value is -0.120. The molecule has 2 fully saturated rings. The van der Waals surface area contributed by atoms with Gasteiger partial charge in [-0.25, -0.2) is 0 Å². The molecule has 0 radical (unpaired) electrons. The lowest BCUT2D eigenvalue weighted by Crippen LogP contribution is -2.46. The van der Waals surface area contributed by atoms with Gasteiger partial charge in [0.05, 0.1) is 0 Å². The number of hydrogen-bond acceptors (Lipinski definition) is 3. The molecule has 18 heavy (non-hydrogen) atoms. The molecule has 106 valence electrons. The van der Waals surface area contributed by atoms with E-state index < -0.39 is 0 Å². The molecule has 1 aliphatic heterocycles. The molecule has 2 aliphatic rings. The highest BCUT2D eigenvalue weighted by Crippen LogP contribution is 2.31. The molecule has 2 N–H and O–H groups in total. The maximum atomic E-state index is 6.32. The molecular weight excluding hydrogens is 224 g/mol. The second kappa shape index (κ2) is 6.88. The number of ether oxygens (including phenoxy) is 1. The molecule has 2 rings (SSSR count). The van der Waals surface area contributed by atoms with Crippen LogP contribution in [-0.4, -0.2) is 43.8 Å². The number of nitrogens with two attached hydrogens (primary N) is 1. The monoisotopic (exact) mass is 254 g/mol. The fourth-order valence-electron chi connectivity index (χ4n) is 3.61. The average molecular weight is 254 g/mol. The van der Waals surface area contributed by atoms with Crippen molar-refractivity contribution in [3.8, 4) is 0 Å². The Kier molecular flexibility index (Phi) is 5.46. The van der Waals surface area contributed by atoms with Gasteiger partial charge in [-0.2, -0.15) is 0 Å². The zero-order valence-corrected chi connectivity index (χ0v) is 12.1. The zero-order chi connectivity index (χ0) is 13.0. The Labute approximate surface area is 112 Å². The van der Waals surface area contributed by atoms with Gasteiger partial charge in [-0.05, 0) is 51.0 Å². The molecular formula is C15H30N2O. The van der Waals surface area contributed by atoms with Crippen molar-refractivity contribution in [2.24, 2.45) is 17.6 Å². The summed E-state index contributed by atoms with van der Waals surface area (Å²) in [6, 6.07) is 1.14. The van der Waals surface area contributed by atoms with E-state index in [-0.39, 0.29) is 0 Å². The summed E-state index contributed by atoms with van der Waals surface area (Å²) in [7, 11) is 2.28. The van der Waals surface area contributed by atoms with Crippen molar-refractivity contribution in [2.75, 3.05) is 26.8 Å². The van der Waals surface area contributed by atoms with Gasteiger partial charge in [-0.1, -0.05) is 13.3 Å². The smallest absolute Gasteiger partial charge is 0.0480 e. The van der Waals surface area contributed by atoms with Gasteiger partial charge in [-0.3, -0.25) is 0 Å². The third kappa shape index (κ3) is 3.69. The van der Waals surface area contributed by atoms with Gasteiger partial charge < -0.3 is 15.4 Å². The Balaban J connectivity index is 1.82. The summed E-state index contributed by atoms with van der Waals surface area (Å²) in [5.41, 5.74) is 6.32. The number of rotatable bonds is 4. The van der Waals surface area contributed by atoms with E-state index in [2.05, 4.69) is 18.9 Å². The van der Waals surface area contributed by atoms with Gasteiger partial charge in [0.15, 0.2) is 0 Å². The number of nitrogens with zero attached hydrogens (tertiary/aromatic N) is 1. The van der Waals surface area contributed by atoms with Crippen molar-refractivity contribution in [1.82, 2.24) is 4.90 Å². The van der Waals surface area contributed by atoms with E-state index in [0.717, 1.165) is 19.1 Å². The largest absolute Gasteiger partial charge is 0.381 e. The van der Waals surface area contributed by atoms with Crippen molar-refractivity contribution in [3.63, 3.8) is 0 Å². The van der Waals surface area contributed by atoms with Crippen LogP contribution in [0, 0.1) is 11.8 Å². The molecule has 1 saturated carbocycles. The van der Waals surface area contributed by atoms with Crippen LogP contribution < -0.4 is 5.73 Å². The molecule has 3 atom stereocenters. The average Bonchev–Trinajstić information content (AvgIpc) is 2.42. The zero-order valence-electron chi connectivity index (χ0n) is 12.1. The van der Waals surface area contributed by atoms with Crippen molar-refractivity contribution in [2.45, 2.75) is 57.5 Å². The van der Waals surface area contributed by atoms with E-state index in [1.165, 1.54) is 45.1 Å². The van der Waals surface area contributed by atoms with Gasteiger partial charge in [0.25, 0.3) is 0 Å². The lowest BCUT2D eigenvalue weighted by molar-refractivity contribution is 0.0327. The quantitative estimate of drug-likeness (QED) is 0.836. The molecule has 1 saturated heterocycles. The molecule has 3 nitrogen and oxygen atoms in total. The summed E-state index contributed by atoms with van der Waals surface area (Å²) < 4.78 is 5.44. The van der Waals surface area contributed by atoms with E-state index >= 15 is 0 Å². The SMILES string of the molecule is CCC1CCC(N)C(CN(C)C2CCOCC2)C1. The van der Waals surface area contributed by atoms with Crippen molar-refractivity contribution in [1.29, 1.82) is 0 Å². The first-order chi connectivity index (χ1) is 8.70. The fraction of sp³-hybridized carbons (Fsp3) is 1.00. The summed E-state index contributed by atoms with van der Waals surface area (Å²) in [5, 5.41) is 0. The molecule has 0 aromatic heterocycles. The molecule has 0 amide bonds. The van der Waals surface area contributed by atoms with E-state index in [1.54, 1.807) is 0 Å². The maximum Gasteiger partial charge on any atom is 0.0480 e. The Morgan fingerprint density at radius 3 is 2.56 bits per heavy atom. The summed E-state index contributed by atoms with van der Waals surface area (Å²) in [4.78, 5) is 2.55. The van der Waals surface area contributed by atoms with Crippen molar-refractivity contribution >= 4 is 0 Å². The number of hydrogen-bond donors (Lipinski definition) is 1. The standard InChI is InChI=1S/C15H30N2O/c1-3-12-4-5-15(16)13(10-12)11-17(2)14-6-8-18-9-7-14/h12-15H,3-11,16H2,1-2H3. The molecule has 0 bridgehead atoms. The van der Waals surface area contributed by atoms with Crippen LogP contribution in [0.25, 0.3) is 0 Å². The van der Waals surface area contributed by atoms with Gasteiger partial charge in [0.2, 0.25) is 0 Å². The van der Waals surface area contributed by atoms with E-state index in [0.29, 0.717) is 18.0 Å². The topological polar surface area (TPSA) is 38.5 Å². The van der Waals surface area contributed by atoms with Crippen LogP contribution in [0.5, 0.6) is 0 Å². The maximum absolute atomic E-state index is 6.32. The minimum atomic E-state index is 0.426. The summed E-state index contributed by atoms with van der Waals surface area (Å²) in [6.07, 6.45) is 7.61. The summed E-state index contributed by atoms with van der Waals surface area (Å²) >= 11 is 0. The molecule has 1 heterocycles. The molecule has 0 aromatic rings. The van der Waals surface area contributed by atoms with Crippen LogP contribution in [0.2, 0.25) is 0 Å². The second-order valence-corrected chi connectivity index (χ2v) is 6.29. The lowest BCUT2D eigenvalue weighted by atomic mass is 9.77. The Morgan fingerprint density at radius 2 is 1.89 bits per heavy atom. The highest BCUT2D eigenvalue weighted by molar-refractivity contribution is 4.85. The van der Waals surface area contributed by atoms with Crippen LogP contribution >= 0.6 is 0 Å². The molecule has 1 aliphatic carbocycles. The van der Waals surface area contributed by atoms with Gasteiger partial charge in [0, 0.05) is 31.8 Å². The first-order valence-corrected chi connectivity index (χ1v) is 7.74. The molecule has 0 spiro atoms. The van der Waals surface area contributed by atoms with Crippen LogP contribution in [0.4, 0.5) is 0 Å². The molecule has 3 heteroatoms. The van der Waals surface area contributed by atoms with E-state index in [4.69, 9.17) is 10.5 Å². The van der Waals surface area contributed by atoms with Crippen molar-refractivity contribution < 1.29 is 4.74 Å². The molecule has 0 aromatic carbocycles. The fourth-order valence-corrected chi connectivity index (χ4v) is 3.61. The van der Waals surface area contributed by atoms with E-state index in [1.807, 2.05) is 0 Å². The third-order valence-electron chi connectivity index (χ3n) is 5.06. The van der Waals surface area contributed by atoms with E-state index in [9.17, 15) is 0 Å². The van der Waals surface area contributed by atoms with Gasteiger partial charge in [-0.15, -0.1) is 0 Å². The van der Waals surface area contributed by atoms with Gasteiger partial charge >= 0.3 is 0 Å². The first kappa shape index (κ1) is 14.3. The predicted molar refractivity (Wildman–Crippen MR) is 75.6 cm³/mol. The van der Waals surface area contributed by atoms with Gasteiger partial charge in [0.1, 0.15) is 0 Å². The minimum absolute atomic E-state index is 0.426. The highest BCUT2D eigenvalue weighted by Gasteiger charge is 2.29. The highest BCUT2D eigenvalue weighted by atomic mass is 16.5. The Bertz CT molecular complexity index is 241. The van der Waals surface area contributed by atoms with Crippen LogP contribution in [0.15, 0.2) is 0 Å². The third-order valence-corrected chi connectivity index (χ3v) is 5.06. The normalized spacial score (nSPS) is 35.0. The summed E-state index contributed by atoms with van der Waals surface area (Å²) in [5.74, 6) is 1.62. The van der Waals surface area contributed by atoms with Crippen LogP contribution in [-0.2, 0) is 4.74 Å². The minimum Gasteiger partial charge on any atom is -0.381 e.